The number of benzene rings is 1. The lowest BCUT2D eigenvalue weighted by molar-refractivity contribution is -0.125. The van der Waals surface area contributed by atoms with Gasteiger partial charge in [-0.05, 0) is 30.8 Å². The maximum Gasteiger partial charge on any atom is 0.294 e. The Morgan fingerprint density at radius 1 is 1.25 bits per heavy atom. The number of nitrogens with zero attached hydrogens (tertiary/aromatic N) is 2. The summed E-state index contributed by atoms with van der Waals surface area (Å²) in [7, 11) is 0. The van der Waals surface area contributed by atoms with Crippen molar-refractivity contribution in [3.05, 3.63) is 34.7 Å². The number of carbonyl (C=O) groups is 2. The molecule has 7 heteroatoms. The Bertz CT molecular complexity index is 656. The first-order valence-electron chi connectivity index (χ1n) is 7.96. The van der Waals surface area contributed by atoms with Crippen LogP contribution in [0.1, 0.15) is 12.5 Å². The summed E-state index contributed by atoms with van der Waals surface area (Å²) >= 11 is 0.977. The predicted octanol–water partition coefficient (Wildman–Crippen LogP) is 2.41. The third kappa shape index (κ3) is 3.80. The van der Waals surface area contributed by atoms with E-state index in [0.717, 1.165) is 30.4 Å². The molecule has 2 amide bonds. The average Bonchev–Trinajstić information content (AvgIpc) is 2.85. The quantitative estimate of drug-likeness (QED) is 0.762. The molecule has 0 atom stereocenters. The number of carbonyl (C=O) groups excluding carboxylic acids is 2. The molecule has 2 aliphatic rings. The summed E-state index contributed by atoms with van der Waals surface area (Å²) in [6.45, 7) is 5.50. The van der Waals surface area contributed by atoms with Gasteiger partial charge in [0.1, 0.15) is 5.75 Å². The summed E-state index contributed by atoms with van der Waals surface area (Å²) in [6, 6.07) is 7.49. The van der Waals surface area contributed by atoms with Gasteiger partial charge in [0, 0.05) is 18.7 Å². The molecule has 2 heterocycles. The van der Waals surface area contributed by atoms with Gasteiger partial charge in [-0.25, -0.2) is 0 Å². The molecule has 3 rings (SSSR count). The zero-order chi connectivity index (χ0) is 16.9. The van der Waals surface area contributed by atoms with Gasteiger partial charge in [-0.15, -0.1) is 0 Å². The van der Waals surface area contributed by atoms with E-state index >= 15 is 0 Å². The second-order valence-electron chi connectivity index (χ2n) is 5.45. The predicted molar refractivity (Wildman–Crippen MR) is 92.7 cm³/mol. The summed E-state index contributed by atoms with van der Waals surface area (Å²) in [5, 5.41) is -0.230. The lowest BCUT2D eigenvalue weighted by Gasteiger charge is -2.29. The monoisotopic (exact) mass is 348 g/mol. The van der Waals surface area contributed by atoms with E-state index in [0.29, 0.717) is 37.1 Å². The highest BCUT2D eigenvalue weighted by molar-refractivity contribution is 8.18. The van der Waals surface area contributed by atoms with E-state index in [1.807, 2.05) is 31.2 Å². The lowest BCUT2D eigenvalue weighted by Crippen LogP contribution is -2.45. The minimum absolute atomic E-state index is 0.230. The van der Waals surface area contributed by atoms with Gasteiger partial charge in [-0.3, -0.25) is 19.4 Å². The Labute approximate surface area is 145 Å². The van der Waals surface area contributed by atoms with Gasteiger partial charge in [0.15, 0.2) is 0 Å². The van der Waals surface area contributed by atoms with Crippen LogP contribution in [0, 0.1) is 0 Å². The fourth-order valence-electron chi connectivity index (χ4n) is 2.59. The Kier molecular flexibility index (Phi) is 5.55. The number of rotatable bonds is 5. The van der Waals surface area contributed by atoms with Crippen LogP contribution in [0.25, 0.3) is 6.08 Å². The number of para-hydroxylation sites is 1. The molecule has 0 N–H and O–H groups in total. The molecule has 2 saturated heterocycles. The molecular formula is C17H20N2O4S. The highest BCUT2D eigenvalue weighted by Crippen LogP contribution is 2.34. The summed E-state index contributed by atoms with van der Waals surface area (Å²) < 4.78 is 10.9. The van der Waals surface area contributed by atoms with Crippen molar-refractivity contribution in [2.24, 2.45) is 0 Å². The largest absolute Gasteiger partial charge is 0.493 e. The first-order chi connectivity index (χ1) is 11.7. The number of ether oxygens (including phenoxy) is 2. The zero-order valence-electron chi connectivity index (χ0n) is 13.6. The molecule has 0 saturated carbocycles. The van der Waals surface area contributed by atoms with Crippen molar-refractivity contribution in [3.63, 3.8) is 0 Å². The van der Waals surface area contributed by atoms with Crippen LogP contribution in [0.2, 0.25) is 0 Å². The average molecular weight is 348 g/mol. The van der Waals surface area contributed by atoms with Gasteiger partial charge in [0.05, 0.1) is 31.4 Å². The first kappa shape index (κ1) is 17.0. The van der Waals surface area contributed by atoms with Crippen molar-refractivity contribution in [1.29, 1.82) is 0 Å². The summed E-state index contributed by atoms with van der Waals surface area (Å²) in [5.41, 5.74) is 0.802. The van der Waals surface area contributed by atoms with Crippen LogP contribution in [0.5, 0.6) is 5.75 Å². The highest BCUT2D eigenvalue weighted by Gasteiger charge is 2.36. The fraction of sp³-hybridized carbons (Fsp3) is 0.412. The molecule has 1 aromatic carbocycles. The topological polar surface area (TPSA) is 59.1 Å². The third-order valence-electron chi connectivity index (χ3n) is 3.82. The fourth-order valence-corrected chi connectivity index (χ4v) is 3.41. The highest BCUT2D eigenvalue weighted by atomic mass is 32.2. The van der Waals surface area contributed by atoms with Gasteiger partial charge in [0.25, 0.3) is 11.1 Å². The minimum atomic E-state index is -0.247. The first-order valence-corrected chi connectivity index (χ1v) is 8.78. The van der Waals surface area contributed by atoms with Crippen molar-refractivity contribution in [2.45, 2.75) is 6.92 Å². The van der Waals surface area contributed by atoms with Gasteiger partial charge in [-0.1, -0.05) is 18.2 Å². The van der Waals surface area contributed by atoms with E-state index in [9.17, 15) is 9.59 Å². The summed E-state index contributed by atoms with van der Waals surface area (Å²) in [5.74, 6) is 0.461. The van der Waals surface area contributed by atoms with Crippen molar-refractivity contribution < 1.29 is 19.1 Å². The lowest BCUT2D eigenvalue weighted by atomic mass is 10.2. The number of hydrogen-bond acceptors (Lipinski definition) is 6. The van der Waals surface area contributed by atoms with Crippen LogP contribution < -0.4 is 4.74 Å². The van der Waals surface area contributed by atoms with Crippen LogP contribution in [0.15, 0.2) is 29.2 Å². The van der Waals surface area contributed by atoms with Crippen molar-refractivity contribution in [1.82, 2.24) is 9.80 Å². The van der Waals surface area contributed by atoms with E-state index in [1.165, 1.54) is 4.90 Å². The zero-order valence-corrected chi connectivity index (χ0v) is 14.4. The molecule has 0 spiro atoms. The number of imide groups is 1. The van der Waals surface area contributed by atoms with Crippen LogP contribution >= 0.6 is 11.8 Å². The second kappa shape index (κ2) is 7.83. The Hall–Kier alpha value is -1.83. The SMILES string of the molecule is CCOc1ccccc1C=C1SC(=O)N(CN2CCOCC2)C1=O. The number of hydrogen-bond donors (Lipinski definition) is 0. The molecule has 0 radical (unpaired) electrons. The molecule has 0 unspecified atom stereocenters. The Balaban J connectivity index is 1.75. The van der Waals surface area contributed by atoms with Crippen LogP contribution in [-0.4, -0.2) is 60.5 Å². The van der Waals surface area contributed by atoms with Gasteiger partial charge in [-0.2, -0.15) is 0 Å². The van der Waals surface area contributed by atoms with E-state index < -0.39 is 0 Å². The minimum Gasteiger partial charge on any atom is -0.493 e. The molecule has 1 aromatic rings. The number of amides is 2. The van der Waals surface area contributed by atoms with Crippen LogP contribution in [0.3, 0.4) is 0 Å². The van der Waals surface area contributed by atoms with Crippen molar-refractivity contribution >= 4 is 29.0 Å². The van der Waals surface area contributed by atoms with E-state index in [1.54, 1.807) is 6.08 Å². The number of morpholine rings is 1. The maximum atomic E-state index is 12.6. The van der Waals surface area contributed by atoms with Crippen LogP contribution in [0.4, 0.5) is 4.79 Å². The standard InChI is InChI=1S/C17H20N2O4S/c1-2-23-14-6-4-3-5-13(14)11-15-16(20)19(17(21)24-15)12-18-7-9-22-10-8-18/h3-6,11H,2,7-10,12H2,1H3. The third-order valence-corrected chi connectivity index (χ3v) is 4.73. The molecule has 24 heavy (non-hydrogen) atoms. The molecule has 0 bridgehead atoms. The summed E-state index contributed by atoms with van der Waals surface area (Å²) in [6.07, 6.45) is 1.73. The molecule has 6 nitrogen and oxygen atoms in total. The van der Waals surface area contributed by atoms with Gasteiger partial charge < -0.3 is 9.47 Å². The molecule has 2 aliphatic heterocycles. The molecular weight excluding hydrogens is 328 g/mol. The smallest absolute Gasteiger partial charge is 0.294 e. The van der Waals surface area contributed by atoms with E-state index in [-0.39, 0.29) is 11.1 Å². The normalized spacial score (nSPS) is 20.9. The van der Waals surface area contributed by atoms with Gasteiger partial charge in [0.2, 0.25) is 0 Å². The van der Waals surface area contributed by atoms with E-state index in [4.69, 9.17) is 9.47 Å². The Morgan fingerprint density at radius 2 is 2.00 bits per heavy atom. The number of thioether (sulfide) groups is 1. The van der Waals surface area contributed by atoms with Gasteiger partial charge >= 0.3 is 0 Å². The molecule has 0 aliphatic carbocycles. The van der Waals surface area contributed by atoms with E-state index in [2.05, 4.69) is 4.90 Å². The molecule has 2 fully saturated rings. The molecule has 128 valence electrons. The van der Waals surface area contributed by atoms with Crippen LogP contribution in [-0.2, 0) is 9.53 Å². The Morgan fingerprint density at radius 3 is 2.75 bits per heavy atom. The molecule has 0 aromatic heterocycles. The van der Waals surface area contributed by atoms with Crippen molar-refractivity contribution in [3.8, 4) is 5.75 Å². The second-order valence-corrected chi connectivity index (χ2v) is 6.45. The maximum absolute atomic E-state index is 12.6. The van der Waals surface area contributed by atoms with Crippen molar-refractivity contribution in [2.75, 3.05) is 39.6 Å². The summed E-state index contributed by atoms with van der Waals surface area (Å²) in [4.78, 5) is 28.6.